The maximum absolute atomic E-state index is 11.5. The molecule has 7 nitrogen and oxygen atoms in total. The standard InChI is InChI=1S/C27H24Br2N2O5S/c1-14(2)19-10-17(4-6-22(19)33-12-24-30-27(36-31-24)16-8-9-37-13-16)35-26-21(28)11-20-18(25(26)29)5-7-23(20)34-15(3)32/h4,6,8-11,13-14,23H,5,7,12H2,1-3H3. The summed E-state index contributed by atoms with van der Waals surface area (Å²) in [5, 5.41) is 7.96. The molecule has 2 heterocycles. The van der Waals surface area contributed by atoms with Crippen molar-refractivity contribution in [3.63, 3.8) is 0 Å². The minimum Gasteiger partial charge on any atom is -0.485 e. The maximum atomic E-state index is 11.5. The fraction of sp³-hybridized carbons (Fsp3) is 0.296. The Hall–Kier alpha value is -2.69. The van der Waals surface area contributed by atoms with Crippen LogP contribution in [0.3, 0.4) is 0 Å². The first-order valence-electron chi connectivity index (χ1n) is 11.8. The molecule has 1 unspecified atom stereocenters. The SMILES string of the molecule is CC(=O)OC1CCc2c1cc(Br)c(Oc1ccc(OCc3noc(-c4ccsc4)n3)c(C(C)C)c1)c2Br. The van der Waals surface area contributed by atoms with E-state index in [1.165, 1.54) is 6.92 Å². The number of esters is 1. The number of aromatic nitrogens is 2. The Morgan fingerprint density at radius 1 is 1.24 bits per heavy atom. The van der Waals surface area contributed by atoms with Gasteiger partial charge in [0.05, 0.1) is 14.5 Å². The summed E-state index contributed by atoms with van der Waals surface area (Å²) in [6.07, 6.45) is 1.31. The highest BCUT2D eigenvalue weighted by atomic mass is 79.9. The van der Waals surface area contributed by atoms with Gasteiger partial charge in [-0.3, -0.25) is 4.79 Å². The summed E-state index contributed by atoms with van der Waals surface area (Å²) in [4.78, 5) is 15.9. The van der Waals surface area contributed by atoms with Crippen LogP contribution in [0, 0.1) is 0 Å². The molecule has 0 aliphatic heterocycles. The highest BCUT2D eigenvalue weighted by molar-refractivity contribution is 9.11. The van der Waals surface area contributed by atoms with Crippen molar-refractivity contribution < 1.29 is 23.5 Å². The number of halogens is 2. The van der Waals surface area contributed by atoms with E-state index in [4.69, 9.17) is 18.7 Å². The number of hydrogen-bond donors (Lipinski definition) is 0. The number of hydrogen-bond acceptors (Lipinski definition) is 8. The molecule has 0 amide bonds. The molecule has 10 heteroatoms. The molecule has 1 aliphatic carbocycles. The minimum atomic E-state index is -0.281. The van der Waals surface area contributed by atoms with E-state index in [2.05, 4.69) is 55.8 Å². The summed E-state index contributed by atoms with van der Waals surface area (Å²) >= 11 is 8.94. The van der Waals surface area contributed by atoms with Crippen LogP contribution in [0.25, 0.3) is 11.5 Å². The van der Waals surface area contributed by atoms with E-state index in [1.54, 1.807) is 11.3 Å². The van der Waals surface area contributed by atoms with Crippen molar-refractivity contribution >= 4 is 49.2 Å². The molecule has 2 aromatic heterocycles. The third-order valence-corrected chi connectivity index (χ3v) is 8.15. The number of ether oxygens (including phenoxy) is 3. The molecule has 0 bridgehead atoms. The highest BCUT2D eigenvalue weighted by Crippen LogP contribution is 2.47. The molecule has 1 atom stereocenters. The zero-order valence-electron chi connectivity index (χ0n) is 20.4. The van der Waals surface area contributed by atoms with Gasteiger partial charge in [-0.05, 0) is 97.5 Å². The van der Waals surface area contributed by atoms with Crippen molar-refractivity contribution in [1.29, 1.82) is 0 Å². The van der Waals surface area contributed by atoms with Crippen LogP contribution in [0.1, 0.15) is 61.7 Å². The van der Waals surface area contributed by atoms with Crippen molar-refractivity contribution in [1.82, 2.24) is 10.1 Å². The monoisotopic (exact) mass is 646 g/mol. The van der Waals surface area contributed by atoms with E-state index in [0.29, 0.717) is 23.2 Å². The molecule has 2 aromatic carbocycles. The van der Waals surface area contributed by atoms with Crippen LogP contribution in [-0.4, -0.2) is 16.1 Å². The van der Waals surface area contributed by atoms with Crippen molar-refractivity contribution in [2.45, 2.75) is 52.2 Å². The molecule has 0 radical (unpaired) electrons. The molecule has 0 N–H and O–H groups in total. The van der Waals surface area contributed by atoms with Gasteiger partial charge >= 0.3 is 5.97 Å². The minimum absolute atomic E-state index is 0.193. The van der Waals surface area contributed by atoms with Crippen molar-refractivity contribution in [3.8, 4) is 28.7 Å². The first-order valence-corrected chi connectivity index (χ1v) is 14.3. The Bertz CT molecular complexity index is 1440. The third kappa shape index (κ3) is 5.61. The van der Waals surface area contributed by atoms with Gasteiger partial charge in [0.2, 0.25) is 5.82 Å². The van der Waals surface area contributed by atoms with Gasteiger partial charge in [-0.2, -0.15) is 16.3 Å². The lowest BCUT2D eigenvalue weighted by Crippen LogP contribution is -2.05. The second-order valence-corrected chi connectivity index (χ2v) is 11.4. The van der Waals surface area contributed by atoms with Gasteiger partial charge in [0.25, 0.3) is 5.89 Å². The molecule has 0 saturated heterocycles. The molecule has 5 rings (SSSR count). The normalized spacial score (nSPS) is 14.6. The van der Waals surface area contributed by atoms with Crippen LogP contribution in [0.15, 0.2) is 54.6 Å². The molecule has 192 valence electrons. The largest absolute Gasteiger partial charge is 0.485 e. The average Bonchev–Trinajstić information content (AvgIpc) is 3.62. The molecular weight excluding hydrogens is 624 g/mol. The number of thiophene rings is 1. The van der Waals surface area contributed by atoms with Crippen LogP contribution in [0.5, 0.6) is 17.2 Å². The van der Waals surface area contributed by atoms with E-state index >= 15 is 0 Å². The lowest BCUT2D eigenvalue weighted by molar-refractivity contribution is -0.146. The number of fused-ring (bicyclic) bond motifs is 1. The smallest absolute Gasteiger partial charge is 0.303 e. The molecule has 1 aliphatic rings. The van der Waals surface area contributed by atoms with Crippen molar-refractivity contribution in [2.24, 2.45) is 0 Å². The first-order chi connectivity index (χ1) is 17.8. The zero-order chi connectivity index (χ0) is 26.1. The van der Waals surface area contributed by atoms with Crippen LogP contribution < -0.4 is 9.47 Å². The number of carbonyl (C=O) groups is 1. The molecular formula is C27H24Br2N2O5S. The number of carbonyl (C=O) groups excluding carboxylic acids is 1. The second-order valence-electron chi connectivity index (χ2n) is 8.98. The van der Waals surface area contributed by atoms with Gasteiger partial charge in [-0.15, -0.1) is 0 Å². The second kappa shape index (κ2) is 11.0. The topological polar surface area (TPSA) is 83.7 Å². The van der Waals surface area contributed by atoms with E-state index in [-0.39, 0.29) is 24.6 Å². The van der Waals surface area contributed by atoms with Gasteiger partial charge in [0.1, 0.15) is 17.6 Å². The zero-order valence-corrected chi connectivity index (χ0v) is 24.4. The Labute approximate surface area is 235 Å². The molecule has 0 fully saturated rings. The van der Waals surface area contributed by atoms with Crippen LogP contribution in [-0.2, 0) is 22.6 Å². The Kier molecular flexibility index (Phi) is 7.69. The Balaban J connectivity index is 1.34. The summed E-state index contributed by atoms with van der Waals surface area (Å²) in [6.45, 7) is 5.83. The maximum Gasteiger partial charge on any atom is 0.303 e. The molecule has 0 spiro atoms. The van der Waals surface area contributed by atoms with Gasteiger partial charge in [0.15, 0.2) is 12.4 Å². The molecule has 4 aromatic rings. The van der Waals surface area contributed by atoms with E-state index in [9.17, 15) is 4.79 Å². The quantitative estimate of drug-likeness (QED) is 0.178. The predicted molar refractivity (Wildman–Crippen MR) is 147 cm³/mol. The number of benzene rings is 2. The lowest BCUT2D eigenvalue weighted by atomic mass is 10.0. The molecule has 37 heavy (non-hydrogen) atoms. The van der Waals surface area contributed by atoms with E-state index in [0.717, 1.165) is 49.8 Å². The summed E-state index contributed by atoms with van der Waals surface area (Å²) < 4.78 is 24.9. The van der Waals surface area contributed by atoms with E-state index in [1.807, 2.05) is 41.1 Å². The van der Waals surface area contributed by atoms with Crippen LogP contribution >= 0.6 is 43.2 Å². The van der Waals surface area contributed by atoms with Crippen LogP contribution in [0.4, 0.5) is 0 Å². The summed E-state index contributed by atoms with van der Waals surface area (Å²) in [7, 11) is 0. The van der Waals surface area contributed by atoms with Gasteiger partial charge in [0, 0.05) is 17.9 Å². The fourth-order valence-corrected chi connectivity index (χ4v) is 6.44. The predicted octanol–water partition coefficient (Wildman–Crippen LogP) is 8.37. The summed E-state index contributed by atoms with van der Waals surface area (Å²) in [6, 6.07) is 9.68. The number of rotatable bonds is 8. The molecule has 0 saturated carbocycles. The number of nitrogens with zero attached hydrogens (tertiary/aromatic N) is 2. The fourth-order valence-electron chi connectivity index (χ4n) is 4.30. The van der Waals surface area contributed by atoms with Crippen molar-refractivity contribution in [2.75, 3.05) is 0 Å². The first kappa shape index (κ1) is 25.9. The average molecular weight is 648 g/mol. The van der Waals surface area contributed by atoms with Gasteiger partial charge < -0.3 is 18.7 Å². The lowest BCUT2D eigenvalue weighted by Gasteiger charge is -2.18. The van der Waals surface area contributed by atoms with Gasteiger partial charge in [-0.25, -0.2) is 0 Å². The third-order valence-electron chi connectivity index (χ3n) is 6.04. The highest BCUT2D eigenvalue weighted by Gasteiger charge is 2.30. The summed E-state index contributed by atoms with van der Waals surface area (Å²) in [5.41, 5.74) is 3.99. The van der Waals surface area contributed by atoms with Gasteiger partial charge in [-0.1, -0.05) is 19.0 Å². The Morgan fingerprint density at radius 2 is 2.08 bits per heavy atom. The van der Waals surface area contributed by atoms with Crippen molar-refractivity contribution in [3.05, 3.63) is 72.6 Å². The van der Waals surface area contributed by atoms with E-state index < -0.39 is 0 Å². The summed E-state index contributed by atoms with van der Waals surface area (Å²) in [5.74, 6) is 2.98. The van der Waals surface area contributed by atoms with Crippen LogP contribution in [0.2, 0.25) is 0 Å². The Morgan fingerprint density at radius 3 is 2.81 bits per heavy atom.